The summed E-state index contributed by atoms with van der Waals surface area (Å²) in [5, 5.41) is 19.5. The van der Waals surface area contributed by atoms with Gasteiger partial charge in [0.05, 0.1) is 0 Å². The second-order valence-electron chi connectivity index (χ2n) is 6.75. The number of allylic oxidation sites excluding steroid dienone is 4. The Bertz CT molecular complexity index is 769. The molecule has 0 fully saturated rings. The van der Waals surface area contributed by atoms with Gasteiger partial charge in [0.15, 0.2) is 0 Å². The molecule has 3 rings (SSSR count). The zero-order valence-electron chi connectivity index (χ0n) is 14.8. The molecule has 25 heavy (non-hydrogen) atoms. The van der Waals surface area contributed by atoms with Gasteiger partial charge in [-0.15, -0.1) is 0 Å². The molecule has 0 aromatic heterocycles. The lowest BCUT2D eigenvalue weighted by Crippen LogP contribution is -1.99. The molecule has 1 aliphatic rings. The number of benzene rings is 2. The van der Waals surface area contributed by atoms with Crippen molar-refractivity contribution in [2.45, 2.75) is 44.9 Å². The van der Waals surface area contributed by atoms with Crippen LogP contribution >= 0.6 is 0 Å². The third kappa shape index (κ3) is 4.33. The lowest BCUT2D eigenvalue weighted by molar-refractivity contribution is 0.466. The van der Waals surface area contributed by atoms with Crippen molar-refractivity contribution in [3.63, 3.8) is 0 Å². The van der Waals surface area contributed by atoms with Crippen LogP contribution < -0.4 is 0 Å². The van der Waals surface area contributed by atoms with E-state index in [1.165, 1.54) is 29.5 Å². The third-order valence-electron chi connectivity index (χ3n) is 4.88. The van der Waals surface area contributed by atoms with Gasteiger partial charge in [0, 0.05) is 5.92 Å². The molecule has 2 nitrogen and oxygen atoms in total. The van der Waals surface area contributed by atoms with E-state index in [9.17, 15) is 10.2 Å². The smallest absolute Gasteiger partial charge is 0.118 e. The van der Waals surface area contributed by atoms with Crippen LogP contribution in [0.15, 0.2) is 60.7 Å². The van der Waals surface area contributed by atoms with Gasteiger partial charge >= 0.3 is 0 Å². The molecule has 2 aromatic carbocycles. The first kappa shape index (κ1) is 17.3. The summed E-state index contributed by atoms with van der Waals surface area (Å²) in [4.78, 5) is 0. The fourth-order valence-electron chi connectivity index (χ4n) is 3.33. The monoisotopic (exact) mass is 334 g/mol. The van der Waals surface area contributed by atoms with Crippen LogP contribution in [0.2, 0.25) is 0 Å². The van der Waals surface area contributed by atoms with E-state index in [0.717, 1.165) is 24.8 Å². The average Bonchev–Trinajstić information content (AvgIpc) is 2.64. The van der Waals surface area contributed by atoms with Crippen LogP contribution in [0.25, 0.3) is 5.57 Å². The highest BCUT2D eigenvalue weighted by molar-refractivity contribution is 5.76. The first-order valence-corrected chi connectivity index (χ1v) is 9.17. The standard InChI is InChI=1S/C23H26O2/c1-2-3-4-5-21-16-20(12-15-23(21)25)19-8-6-17(7-9-19)18-10-13-22(24)14-11-18/h6,8-17,24-25H,2-5,7H2,1H3. The summed E-state index contributed by atoms with van der Waals surface area (Å²) in [5.74, 6) is 1.06. The molecule has 1 unspecified atom stereocenters. The van der Waals surface area contributed by atoms with Crippen molar-refractivity contribution in [3.05, 3.63) is 77.4 Å². The van der Waals surface area contributed by atoms with Gasteiger partial charge in [-0.2, -0.15) is 0 Å². The van der Waals surface area contributed by atoms with Crippen molar-refractivity contribution in [2.24, 2.45) is 0 Å². The Hall–Kier alpha value is -2.48. The van der Waals surface area contributed by atoms with Crippen LogP contribution in [0.3, 0.4) is 0 Å². The molecule has 0 spiro atoms. The van der Waals surface area contributed by atoms with Crippen LogP contribution in [-0.2, 0) is 6.42 Å². The van der Waals surface area contributed by atoms with Gasteiger partial charge in [-0.1, -0.05) is 56.2 Å². The van der Waals surface area contributed by atoms with E-state index in [-0.39, 0.29) is 0 Å². The highest BCUT2D eigenvalue weighted by Gasteiger charge is 2.13. The second-order valence-corrected chi connectivity index (χ2v) is 6.75. The molecule has 0 saturated heterocycles. The molecule has 0 bridgehead atoms. The summed E-state index contributed by atoms with van der Waals surface area (Å²) in [6.45, 7) is 2.19. The summed E-state index contributed by atoms with van der Waals surface area (Å²) < 4.78 is 0. The van der Waals surface area contributed by atoms with Crippen molar-refractivity contribution in [3.8, 4) is 11.5 Å². The lowest BCUT2D eigenvalue weighted by Gasteiger charge is -2.17. The number of phenolic OH excluding ortho intramolecular Hbond substituents is 2. The molecule has 0 radical (unpaired) electrons. The molecule has 0 aliphatic heterocycles. The van der Waals surface area contributed by atoms with Crippen LogP contribution in [0.5, 0.6) is 11.5 Å². The highest BCUT2D eigenvalue weighted by Crippen LogP contribution is 2.33. The fourth-order valence-corrected chi connectivity index (χ4v) is 3.33. The number of hydrogen-bond acceptors (Lipinski definition) is 2. The molecule has 2 aromatic rings. The van der Waals surface area contributed by atoms with Crippen molar-refractivity contribution < 1.29 is 10.2 Å². The van der Waals surface area contributed by atoms with E-state index in [2.05, 4.69) is 31.2 Å². The highest BCUT2D eigenvalue weighted by atomic mass is 16.3. The summed E-state index contributed by atoms with van der Waals surface area (Å²) in [6, 6.07) is 13.4. The molecular weight excluding hydrogens is 308 g/mol. The van der Waals surface area contributed by atoms with Gasteiger partial charge in [-0.3, -0.25) is 0 Å². The van der Waals surface area contributed by atoms with Crippen LogP contribution in [0.1, 0.15) is 55.2 Å². The van der Waals surface area contributed by atoms with Gasteiger partial charge in [0.25, 0.3) is 0 Å². The number of rotatable bonds is 6. The van der Waals surface area contributed by atoms with E-state index in [0.29, 0.717) is 17.4 Å². The quantitative estimate of drug-likeness (QED) is 0.640. The van der Waals surface area contributed by atoms with Gasteiger partial charge in [-0.05, 0) is 65.8 Å². The maximum atomic E-state index is 10.1. The summed E-state index contributed by atoms with van der Waals surface area (Å²) in [7, 11) is 0. The normalized spacial score (nSPS) is 16.7. The minimum Gasteiger partial charge on any atom is -0.508 e. The van der Waals surface area contributed by atoms with E-state index in [1.807, 2.05) is 24.3 Å². The Balaban J connectivity index is 1.72. The van der Waals surface area contributed by atoms with Crippen LogP contribution in [-0.4, -0.2) is 10.2 Å². The Morgan fingerprint density at radius 1 is 1.00 bits per heavy atom. The topological polar surface area (TPSA) is 40.5 Å². The van der Waals surface area contributed by atoms with Gasteiger partial charge in [-0.25, -0.2) is 0 Å². The number of unbranched alkanes of at least 4 members (excludes halogenated alkanes) is 2. The molecular formula is C23H26O2. The molecule has 2 heteroatoms. The molecule has 1 atom stereocenters. The van der Waals surface area contributed by atoms with Crippen molar-refractivity contribution >= 4 is 5.57 Å². The van der Waals surface area contributed by atoms with Gasteiger partial charge in [0.1, 0.15) is 11.5 Å². The number of aryl methyl sites for hydroxylation is 1. The van der Waals surface area contributed by atoms with Crippen LogP contribution in [0.4, 0.5) is 0 Å². The van der Waals surface area contributed by atoms with Crippen molar-refractivity contribution in [2.75, 3.05) is 0 Å². The minimum absolute atomic E-state index is 0.305. The minimum atomic E-state index is 0.305. The van der Waals surface area contributed by atoms with Gasteiger partial charge < -0.3 is 10.2 Å². The Labute approximate surface area is 150 Å². The van der Waals surface area contributed by atoms with E-state index in [1.54, 1.807) is 12.1 Å². The SMILES string of the molecule is CCCCCc1cc(C2=CCC(c3ccc(O)cc3)C=C2)ccc1O. The summed E-state index contributed by atoms with van der Waals surface area (Å²) in [5.41, 5.74) is 4.65. The van der Waals surface area contributed by atoms with Crippen molar-refractivity contribution in [1.29, 1.82) is 0 Å². The summed E-state index contributed by atoms with van der Waals surface area (Å²) >= 11 is 0. The number of hydrogen-bond donors (Lipinski definition) is 2. The van der Waals surface area contributed by atoms with Crippen LogP contribution in [0, 0.1) is 0 Å². The maximum Gasteiger partial charge on any atom is 0.118 e. The Kier molecular flexibility index (Phi) is 5.60. The average molecular weight is 334 g/mol. The van der Waals surface area contributed by atoms with Crippen molar-refractivity contribution in [1.82, 2.24) is 0 Å². The fraction of sp³-hybridized carbons (Fsp3) is 0.304. The predicted molar refractivity (Wildman–Crippen MR) is 104 cm³/mol. The molecule has 0 amide bonds. The molecule has 130 valence electrons. The van der Waals surface area contributed by atoms with E-state index < -0.39 is 0 Å². The number of aromatic hydroxyl groups is 2. The van der Waals surface area contributed by atoms with Gasteiger partial charge in [0.2, 0.25) is 0 Å². The molecule has 2 N–H and O–H groups in total. The Morgan fingerprint density at radius 3 is 2.48 bits per heavy atom. The third-order valence-corrected chi connectivity index (χ3v) is 4.88. The molecule has 1 aliphatic carbocycles. The first-order chi connectivity index (χ1) is 12.2. The van der Waals surface area contributed by atoms with E-state index >= 15 is 0 Å². The molecule has 0 saturated carbocycles. The number of phenols is 2. The zero-order chi connectivity index (χ0) is 17.6. The molecule has 0 heterocycles. The summed E-state index contributed by atoms with van der Waals surface area (Å²) in [6.07, 6.45) is 12.0. The second kappa shape index (κ2) is 8.06. The van der Waals surface area contributed by atoms with E-state index in [4.69, 9.17) is 0 Å². The largest absolute Gasteiger partial charge is 0.508 e. The predicted octanol–water partition coefficient (Wildman–Crippen LogP) is 5.96. The Morgan fingerprint density at radius 2 is 1.80 bits per heavy atom. The maximum absolute atomic E-state index is 10.1. The zero-order valence-corrected chi connectivity index (χ0v) is 14.8. The first-order valence-electron chi connectivity index (χ1n) is 9.17. The lowest BCUT2D eigenvalue weighted by atomic mass is 9.87.